The van der Waals surface area contributed by atoms with E-state index in [4.69, 9.17) is 4.74 Å². The molecule has 0 aromatic heterocycles. The van der Waals surface area contributed by atoms with E-state index in [2.05, 4.69) is 59.6 Å². The number of hydrogen-bond donors (Lipinski definition) is 1. The monoisotopic (exact) mass is 364 g/mol. The Morgan fingerprint density at radius 3 is 2.70 bits per heavy atom. The number of benzene rings is 2. The fourth-order valence-electron chi connectivity index (χ4n) is 4.89. The second kappa shape index (κ2) is 8.04. The van der Waals surface area contributed by atoms with Crippen LogP contribution in [-0.2, 0) is 18.4 Å². The molecule has 0 saturated carbocycles. The molecule has 2 aliphatic rings. The highest BCUT2D eigenvalue weighted by atomic mass is 16.5. The fraction of sp³-hybridized carbons (Fsp3) is 0.500. The quantitative estimate of drug-likeness (QED) is 0.865. The van der Waals surface area contributed by atoms with Crippen LogP contribution in [0.2, 0.25) is 0 Å². The van der Waals surface area contributed by atoms with Gasteiger partial charge in [0.1, 0.15) is 5.75 Å². The number of piperidine rings is 1. The average Bonchev–Trinajstić information content (AvgIpc) is 2.71. The number of nitrogens with zero attached hydrogens (tertiary/aromatic N) is 1. The van der Waals surface area contributed by atoms with Crippen molar-refractivity contribution in [2.24, 2.45) is 0 Å². The van der Waals surface area contributed by atoms with Crippen molar-refractivity contribution in [1.29, 1.82) is 0 Å². The third-order valence-corrected chi connectivity index (χ3v) is 6.58. The molecule has 2 aliphatic heterocycles. The van der Waals surface area contributed by atoms with Gasteiger partial charge in [0.2, 0.25) is 0 Å². The first-order valence-electron chi connectivity index (χ1n) is 10.4. The predicted molar refractivity (Wildman–Crippen MR) is 112 cm³/mol. The zero-order valence-corrected chi connectivity index (χ0v) is 16.8. The van der Waals surface area contributed by atoms with Crippen molar-refractivity contribution in [3.05, 3.63) is 64.7 Å². The highest BCUT2D eigenvalue weighted by Crippen LogP contribution is 2.38. The molecular formula is C24H32N2O. The van der Waals surface area contributed by atoms with E-state index in [1.807, 2.05) is 0 Å². The number of fused-ring (bicyclic) bond motifs is 2. The molecule has 0 unspecified atom stereocenters. The first-order valence-corrected chi connectivity index (χ1v) is 10.4. The molecule has 0 bridgehead atoms. The van der Waals surface area contributed by atoms with Crippen LogP contribution in [-0.4, -0.2) is 38.2 Å². The maximum Gasteiger partial charge on any atom is 0.119 e. The van der Waals surface area contributed by atoms with Gasteiger partial charge in [-0.25, -0.2) is 0 Å². The van der Waals surface area contributed by atoms with E-state index >= 15 is 0 Å². The number of likely N-dealkylation sites (tertiary alicyclic amines) is 1. The van der Waals surface area contributed by atoms with Gasteiger partial charge < -0.3 is 15.0 Å². The van der Waals surface area contributed by atoms with Crippen molar-refractivity contribution in [2.45, 2.75) is 44.6 Å². The highest BCUT2D eigenvalue weighted by molar-refractivity contribution is 5.42. The lowest BCUT2D eigenvalue weighted by atomic mass is 9.75. The Morgan fingerprint density at radius 2 is 1.93 bits per heavy atom. The molecule has 144 valence electrons. The van der Waals surface area contributed by atoms with E-state index in [0.29, 0.717) is 0 Å². The first kappa shape index (κ1) is 18.5. The maximum atomic E-state index is 5.43. The van der Waals surface area contributed by atoms with Crippen LogP contribution in [0.1, 0.15) is 41.5 Å². The molecule has 27 heavy (non-hydrogen) atoms. The van der Waals surface area contributed by atoms with Crippen molar-refractivity contribution in [3.8, 4) is 5.75 Å². The molecule has 1 spiro atoms. The Bertz CT molecular complexity index is 778. The van der Waals surface area contributed by atoms with Gasteiger partial charge in [-0.3, -0.25) is 0 Å². The second-order valence-electron chi connectivity index (χ2n) is 8.15. The van der Waals surface area contributed by atoms with Gasteiger partial charge in [-0.2, -0.15) is 0 Å². The summed E-state index contributed by atoms with van der Waals surface area (Å²) in [6.07, 6.45) is 5.95. The third kappa shape index (κ3) is 3.90. The van der Waals surface area contributed by atoms with Crippen molar-refractivity contribution >= 4 is 0 Å². The maximum absolute atomic E-state index is 5.43. The van der Waals surface area contributed by atoms with E-state index in [-0.39, 0.29) is 5.54 Å². The SMILES string of the molecule is COc1ccc2c(c1)CCNC21CCN(CCCc2ccccc2C)CC1. The number of aryl methyl sites for hydroxylation is 2. The van der Waals surface area contributed by atoms with Crippen LogP contribution in [0.15, 0.2) is 42.5 Å². The van der Waals surface area contributed by atoms with Crippen LogP contribution >= 0.6 is 0 Å². The van der Waals surface area contributed by atoms with Gasteiger partial charge in [0.25, 0.3) is 0 Å². The van der Waals surface area contributed by atoms with E-state index < -0.39 is 0 Å². The van der Waals surface area contributed by atoms with Crippen LogP contribution in [0.5, 0.6) is 5.75 Å². The smallest absolute Gasteiger partial charge is 0.119 e. The molecule has 2 aromatic carbocycles. The van der Waals surface area contributed by atoms with Gasteiger partial charge in [-0.05, 0) is 80.0 Å². The molecule has 3 heteroatoms. The van der Waals surface area contributed by atoms with Crippen LogP contribution in [0.4, 0.5) is 0 Å². The molecule has 0 atom stereocenters. The summed E-state index contributed by atoms with van der Waals surface area (Å²) in [5.41, 5.74) is 6.08. The number of rotatable bonds is 5. The average molecular weight is 365 g/mol. The normalized spacial score (nSPS) is 19.0. The minimum Gasteiger partial charge on any atom is -0.497 e. The molecule has 0 amide bonds. The molecule has 1 saturated heterocycles. The van der Waals surface area contributed by atoms with Crippen molar-refractivity contribution < 1.29 is 4.74 Å². The van der Waals surface area contributed by atoms with Crippen molar-refractivity contribution in [3.63, 3.8) is 0 Å². The largest absolute Gasteiger partial charge is 0.497 e. The topological polar surface area (TPSA) is 24.5 Å². The zero-order valence-electron chi connectivity index (χ0n) is 16.8. The number of methoxy groups -OCH3 is 1. The van der Waals surface area contributed by atoms with Crippen molar-refractivity contribution in [2.75, 3.05) is 33.3 Å². The summed E-state index contributed by atoms with van der Waals surface area (Å²) < 4.78 is 5.43. The van der Waals surface area contributed by atoms with Gasteiger partial charge in [-0.15, -0.1) is 0 Å². The standard InChI is InChI=1S/C24H32N2O/c1-19-6-3-4-7-20(19)8-5-15-26-16-12-24(13-17-26)23-10-9-22(27-2)18-21(23)11-14-25-24/h3-4,6-7,9-10,18,25H,5,8,11-17H2,1-2H3. The van der Waals surface area contributed by atoms with E-state index in [1.54, 1.807) is 7.11 Å². The zero-order chi connectivity index (χ0) is 18.7. The number of ether oxygens (including phenoxy) is 1. The Morgan fingerprint density at radius 1 is 1.11 bits per heavy atom. The van der Waals surface area contributed by atoms with E-state index in [0.717, 1.165) is 18.7 Å². The number of hydrogen-bond acceptors (Lipinski definition) is 3. The molecule has 3 nitrogen and oxygen atoms in total. The lowest BCUT2D eigenvalue weighted by Gasteiger charge is -2.46. The van der Waals surface area contributed by atoms with Crippen LogP contribution < -0.4 is 10.1 Å². The summed E-state index contributed by atoms with van der Waals surface area (Å²) >= 11 is 0. The third-order valence-electron chi connectivity index (χ3n) is 6.58. The Labute approximate surface area is 163 Å². The van der Waals surface area contributed by atoms with E-state index in [9.17, 15) is 0 Å². The molecule has 0 radical (unpaired) electrons. The molecule has 1 fully saturated rings. The summed E-state index contributed by atoms with van der Waals surface area (Å²) in [5.74, 6) is 0.986. The highest BCUT2D eigenvalue weighted by Gasteiger charge is 2.39. The van der Waals surface area contributed by atoms with Crippen LogP contribution in [0, 0.1) is 6.92 Å². The summed E-state index contributed by atoms with van der Waals surface area (Å²) in [6, 6.07) is 15.5. The van der Waals surface area contributed by atoms with Gasteiger partial charge in [0.05, 0.1) is 7.11 Å². The van der Waals surface area contributed by atoms with E-state index in [1.165, 1.54) is 67.6 Å². The lowest BCUT2D eigenvalue weighted by molar-refractivity contribution is 0.128. The molecule has 1 N–H and O–H groups in total. The summed E-state index contributed by atoms with van der Waals surface area (Å²) in [5, 5.41) is 3.87. The first-order chi connectivity index (χ1) is 13.2. The molecule has 2 heterocycles. The van der Waals surface area contributed by atoms with Crippen LogP contribution in [0.25, 0.3) is 0 Å². The molecule has 4 rings (SSSR count). The van der Waals surface area contributed by atoms with Gasteiger partial charge in [0, 0.05) is 25.2 Å². The van der Waals surface area contributed by atoms with Gasteiger partial charge >= 0.3 is 0 Å². The predicted octanol–water partition coefficient (Wildman–Crippen LogP) is 4.07. The number of nitrogens with one attached hydrogen (secondary N) is 1. The molecule has 2 aromatic rings. The van der Waals surface area contributed by atoms with Gasteiger partial charge in [-0.1, -0.05) is 30.3 Å². The summed E-state index contributed by atoms with van der Waals surface area (Å²) in [6.45, 7) is 6.88. The lowest BCUT2D eigenvalue weighted by Crippen LogP contribution is -2.54. The molecule has 0 aliphatic carbocycles. The Kier molecular flexibility index (Phi) is 5.51. The summed E-state index contributed by atoms with van der Waals surface area (Å²) in [7, 11) is 1.76. The Hall–Kier alpha value is -1.84. The fourth-order valence-corrected chi connectivity index (χ4v) is 4.89. The minimum atomic E-state index is 0.173. The van der Waals surface area contributed by atoms with Crippen LogP contribution in [0.3, 0.4) is 0 Å². The second-order valence-corrected chi connectivity index (χ2v) is 8.15. The van der Waals surface area contributed by atoms with Crippen molar-refractivity contribution in [1.82, 2.24) is 10.2 Å². The Balaban J connectivity index is 1.35. The molecular weight excluding hydrogens is 332 g/mol. The van der Waals surface area contributed by atoms with Gasteiger partial charge in [0.15, 0.2) is 0 Å². The minimum absolute atomic E-state index is 0.173. The summed E-state index contributed by atoms with van der Waals surface area (Å²) in [4.78, 5) is 2.66.